The molecule has 4 aromatic rings. The largest absolute Gasteiger partial charge is 0.508 e. The average Bonchev–Trinajstić information content (AvgIpc) is 3.00. The van der Waals surface area contributed by atoms with E-state index in [-0.39, 0.29) is 5.75 Å². The number of hydrogen-bond acceptors (Lipinski definition) is 4. The molecule has 0 spiro atoms. The lowest BCUT2D eigenvalue weighted by Gasteiger charge is -2.07. The number of nitrogen functional groups attached to an aromatic ring is 1. The van der Waals surface area contributed by atoms with E-state index < -0.39 is 0 Å². The van der Waals surface area contributed by atoms with Gasteiger partial charge in [-0.15, -0.1) is 0 Å². The fourth-order valence-electron chi connectivity index (χ4n) is 3.39. The van der Waals surface area contributed by atoms with E-state index in [0.29, 0.717) is 11.3 Å². The van der Waals surface area contributed by atoms with Gasteiger partial charge < -0.3 is 10.8 Å². The van der Waals surface area contributed by atoms with Gasteiger partial charge in [-0.2, -0.15) is 5.10 Å². The summed E-state index contributed by atoms with van der Waals surface area (Å²) < 4.78 is 2.01. The first-order chi connectivity index (χ1) is 12.2. The van der Waals surface area contributed by atoms with Crippen molar-refractivity contribution in [3.05, 3.63) is 59.8 Å². The molecular formula is C20H20N4O. The van der Waals surface area contributed by atoms with Gasteiger partial charge in [-0.1, -0.05) is 30.3 Å². The van der Waals surface area contributed by atoms with Crippen LogP contribution in [0.15, 0.2) is 48.5 Å². The number of phenols is 1. The predicted molar refractivity (Wildman–Crippen MR) is 101 cm³/mol. The zero-order valence-electron chi connectivity index (χ0n) is 14.1. The number of anilines is 1. The maximum atomic E-state index is 9.76. The molecule has 0 aliphatic carbocycles. The maximum Gasteiger partial charge on any atom is 0.152 e. The molecule has 0 aliphatic rings. The van der Waals surface area contributed by atoms with Gasteiger partial charge in [-0.25, -0.2) is 4.98 Å². The van der Waals surface area contributed by atoms with Crippen LogP contribution in [0.4, 0.5) is 5.82 Å². The molecule has 0 atom stereocenters. The lowest BCUT2D eigenvalue weighted by molar-refractivity contribution is 0.476. The topological polar surface area (TPSA) is 77.0 Å². The second kappa shape index (κ2) is 6.09. The molecule has 3 N–H and O–H groups in total. The van der Waals surface area contributed by atoms with Crippen molar-refractivity contribution in [2.24, 2.45) is 0 Å². The average molecular weight is 332 g/mol. The number of rotatable bonds is 4. The van der Waals surface area contributed by atoms with Gasteiger partial charge in [-0.05, 0) is 37.5 Å². The van der Waals surface area contributed by atoms with Gasteiger partial charge >= 0.3 is 0 Å². The number of nitrogens with zero attached hydrogens (tertiary/aromatic N) is 3. The molecule has 0 aliphatic heterocycles. The first-order valence-corrected chi connectivity index (χ1v) is 8.49. The molecule has 0 saturated carbocycles. The molecule has 0 fully saturated rings. The van der Waals surface area contributed by atoms with E-state index in [2.05, 4.69) is 41.3 Å². The number of fused-ring (bicyclic) bond motifs is 3. The Labute approximate surface area is 145 Å². The SMILES string of the molecule is CCn1nc2c(N)nc3cc(O)ccc3c2c1CCc1ccccc1. The molecule has 126 valence electrons. The first-order valence-electron chi connectivity index (χ1n) is 8.49. The minimum atomic E-state index is 0.187. The van der Waals surface area contributed by atoms with Gasteiger partial charge in [0.25, 0.3) is 0 Å². The maximum absolute atomic E-state index is 9.76. The fraction of sp³-hybridized carbons (Fsp3) is 0.200. The third-order valence-corrected chi connectivity index (χ3v) is 4.58. The highest BCUT2D eigenvalue weighted by atomic mass is 16.3. The van der Waals surface area contributed by atoms with E-state index in [1.165, 1.54) is 5.56 Å². The van der Waals surface area contributed by atoms with Crippen molar-refractivity contribution in [1.82, 2.24) is 14.8 Å². The number of nitrogens with two attached hydrogens (primary N) is 1. The molecule has 0 bridgehead atoms. The van der Waals surface area contributed by atoms with Crippen LogP contribution in [-0.4, -0.2) is 19.9 Å². The summed E-state index contributed by atoms with van der Waals surface area (Å²) in [5.74, 6) is 0.591. The van der Waals surface area contributed by atoms with Crippen molar-refractivity contribution in [3.8, 4) is 5.75 Å². The molecule has 2 aromatic heterocycles. The molecule has 0 saturated heterocycles. The van der Waals surface area contributed by atoms with E-state index in [1.807, 2.05) is 16.8 Å². The fourth-order valence-corrected chi connectivity index (χ4v) is 3.39. The Balaban J connectivity index is 1.90. The molecule has 4 rings (SSSR count). The molecule has 0 radical (unpaired) electrons. The third-order valence-electron chi connectivity index (χ3n) is 4.58. The van der Waals surface area contributed by atoms with Gasteiger partial charge in [0.1, 0.15) is 11.3 Å². The van der Waals surface area contributed by atoms with Gasteiger partial charge in [0.2, 0.25) is 0 Å². The quantitative estimate of drug-likeness (QED) is 0.598. The highest BCUT2D eigenvalue weighted by Gasteiger charge is 2.17. The van der Waals surface area contributed by atoms with Crippen LogP contribution in [0, 0.1) is 0 Å². The minimum Gasteiger partial charge on any atom is -0.508 e. The van der Waals surface area contributed by atoms with Crippen molar-refractivity contribution in [1.29, 1.82) is 0 Å². The molecule has 2 heterocycles. The van der Waals surface area contributed by atoms with E-state index in [4.69, 9.17) is 5.73 Å². The second-order valence-electron chi connectivity index (χ2n) is 6.17. The van der Waals surface area contributed by atoms with Crippen molar-refractivity contribution < 1.29 is 5.11 Å². The van der Waals surface area contributed by atoms with E-state index in [9.17, 15) is 5.11 Å². The third kappa shape index (κ3) is 2.67. The van der Waals surface area contributed by atoms with Gasteiger partial charge in [0.05, 0.1) is 5.52 Å². The Morgan fingerprint density at radius 1 is 1.08 bits per heavy atom. The first kappa shape index (κ1) is 15.4. The summed E-state index contributed by atoms with van der Waals surface area (Å²) in [6, 6.07) is 15.7. The van der Waals surface area contributed by atoms with Gasteiger partial charge in [0.15, 0.2) is 5.82 Å². The number of hydrogen-bond donors (Lipinski definition) is 2. The van der Waals surface area contributed by atoms with Crippen molar-refractivity contribution in [2.45, 2.75) is 26.3 Å². The summed E-state index contributed by atoms with van der Waals surface area (Å²) >= 11 is 0. The van der Waals surface area contributed by atoms with Crippen LogP contribution in [0.5, 0.6) is 5.75 Å². The second-order valence-corrected chi connectivity index (χ2v) is 6.17. The van der Waals surface area contributed by atoms with Crippen molar-refractivity contribution in [2.75, 3.05) is 5.73 Å². The zero-order chi connectivity index (χ0) is 17.4. The number of benzene rings is 2. The molecule has 25 heavy (non-hydrogen) atoms. The lowest BCUT2D eigenvalue weighted by Crippen LogP contribution is -2.04. The van der Waals surface area contributed by atoms with Crippen LogP contribution in [-0.2, 0) is 19.4 Å². The van der Waals surface area contributed by atoms with Crippen LogP contribution in [0.25, 0.3) is 21.8 Å². The Morgan fingerprint density at radius 2 is 1.88 bits per heavy atom. The summed E-state index contributed by atoms with van der Waals surface area (Å²) in [7, 11) is 0. The highest BCUT2D eigenvalue weighted by Crippen LogP contribution is 2.32. The standard InChI is InChI=1S/C20H20N4O/c1-2-24-17(11-8-13-6-4-3-5-7-13)18-15-10-9-14(25)12-16(15)22-20(21)19(18)23-24/h3-7,9-10,12,25H,2,8,11H2,1H3,(H2,21,22). The number of aromatic nitrogens is 3. The Hall–Kier alpha value is -3.08. The Kier molecular flexibility index (Phi) is 3.76. The summed E-state index contributed by atoms with van der Waals surface area (Å²) in [6.45, 7) is 2.85. The number of aryl methyl sites for hydroxylation is 3. The summed E-state index contributed by atoms with van der Waals surface area (Å²) in [4.78, 5) is 4.41. The van der Waals surface area contributed by atoms with Gasteiger partial charge in [-0.3, -0.25) is 4.68 Å². The van der Waals surface area contributed by atoms with Crippen LogP contribution < -0.4 is 5.73 Å². The highest BCUT2D eigenvalue weighted by molar-refractivity contribution is 6.09. The van der Waals surface area contributed by atoms with Crippen molar-refractivity contribution in [3.63, 3.8) is 0 Å². The number of phenolic OH excluding ortho intramolecular Hbond substituents is 1. The summed E-state index contributed by atoms with van der Waals surface area (Å²) in [5.41, 5.74) is 10.0. The lowest BCUT2D eigenvalue weighted by atomic mass is 10.0. The van der Waals surface area contributed by atoms with Crippen LogP contribution in [0.3, 0.4) is 0 Å². The summed E-state index contributed by atoms with van der Waals surface area (Å²) in [6.07, 6.45) is 1.80. The van der Waals surface area contributed by atoms with Crippen molar-refractivity contribution >= 4 is 27.6 Å². The number of pyridine rings is 1. The molecule has 2 aromatic carbocycles. The Morgan fingerprint density at radius 3 is 2.64 bits per heavy atom. The molecule has 0 unspecified atom stereocenters. The van der Waals surface area contributed by atoms with Crippen LogP contribution in [0.2, 0.25) is 0 Å². The number of aromatic hydroxyl groups is 1. The molecular weight excluding hydrogens is 312 g/mol. The van der Waals surface area contributed by atoms with E-state index >= 15 is 0 Å². The summed E-state index contributed by atoms with van der Waals surface area (Å²) in [5, 5.41) is 16.5. The van der Waals surface area contributed by atoms with Crippen LogP contribution in [0.1, 0.15) is 18.2 Å². The normalized spacial score (nSPS) is 11.4. The monoisotopic (exact) mass is 332 g/mol. The zero-order valence-corrected chi connectivity index (χ0v) is 14.1. The van der Waals surface area contributed by atoms with E-state index in [0.717, 1.165) is 41.4 Å². The predicted octanol–water partition coefficient (Wildman–Crippen LogP) is 3.68. The smallest absolute Gasteiger partial charge is 0.152 e. The molecule has 0 amide bonds. The molecule has 5 heteroatoms. The Bertz CT molecular complexity index is 1050. The minimum absolute atomic E-state index is 0.187. The molecule has 5 nitrogen and oxygen atoms in total. The van der Waals surface area contributed by atoms with Gasteiger partial charge in [0, 0.05) is 29.1 Å². The van der Waals surface area contributed by atoms with E-state index in [1.54, 1.807) is 12.1 Å². The van der Waals surface area contributed by atoms with Crippen LogP contribution >= 0.6 is 0 Å².